The summed E-state index contributed by atoms with van der Waals surface area (Å²) >= 11 is 0. The number of nitrogens with zero attached hydrogens (tertiary/aromatic N) is 4. The van der Waals surface area contributed by atoms with E-state index in [0.29, 0.717) is 12.1 Å². The predicted molar refractivity (Wildman–Crippen MR) is 104 cm³/mol. The monoisotopic (exact) mass is 504 g/mol. The second-order valence-corrected chi connectivity index (χ2v) is 8.17. The van der Waals surface area contributed by atoms with Crippen molar-refractivity contribution in [2.45, 2.75) is 43.9 Å². The molecule has 3 aliphatic rings. The highest BCUT2D eigenvalue weighted by Gasteiger charge is 2.42. The van der Waals surface area contributed by atoms with E-state index in [4.69, 9.17) is 24.5 Å². The van der Waals surface area contributed by atoms with Gasteiger partial charge in [-0.15, -0.1) is 0 Å². The zero-order valence-electron chi connectivity index (χ0n) is 18.2. The summed E-state index contributed by atoms with van der Waals surface area (Å²) in [5, 5.41) is 14.2. The van der Waals surface area contributed by atoms with Crippen LogP contribution in [-0.2, 0) is 27.9 Å². The molecule has 2 N–H and O–H groups in total. The lowest BCUT2D eigenvalue weighted by atomic mass is 10.1. The first-order chi connectivity index (χ1) is 15.7. The van der Waals surface area contributed by atoms with Crippen LogP contribution in [-0.4, -0.2) is 98.8 Å². The molecule has 1 aliphatic carbocycles. The third-order valence-corrected chi connectivity index (χ3v) is 5.45. The first-order valence-corrected chi connectivity index (χ1v) is 10.3. The number of rotatable bonds is 4. The predicted octanol–water partition coefficient (Wildman–Crippen LogP) is 1.98. The molecule has 15 heteroatoms. The van der Waals surface area contributed by atoms with Crippen molar-refractivity contribution in [1.82, 2.24) is 19.4 Å². The zero-order chi connectivity index (χ0) is 25.7. The maximum atomic E-state index is 10.6. The minimum atomic E-state index is -5.08. The molecule has 2 atom stereocenters. The number of morpholine rings is 1. The van der Waals surface area contributed by atoms with Crippen LogP contribution >= 0.6 is 0 Å². The summed E-state index contributed by atoms with van der Waals surface area (Å²) in [4.78, 5) is 27.4. The number of ether oxygens (including phenoxy) is 1. The van der Waals surface area contributed by atoms with Gasteiger partial charge < -0.3 is 19.5 Å². The lowest BCUT2D eigenvalue weighted by Crippen LogP contribution is -2.51. The molecule has 2 saturated heterocycles. The SMILES string of the molecule is Cn1ccnc1CN1C[C@@H]2OCCN(CC3CC3)[C@@H]2C1.O=C(O)C(F)(F)F.O=C(O)C(F)(F)F. The molecule has 0 bridgehead atoms. The van der Waals surface area contributed by atoms with Crippen molar-refractivity contribution in [3.8, 4) is 0 Å². The molecule has 0 aromatic carbocycles. The highest BCUT2D eigenvalue weighted by molar-refractivity contribution is 5.73. The van der Waals surface area contributed by atoms with Gasteiger partial charge >= 0.3 is 24.3 Å². The van der Waals surface area contributed by atoms with Crippen LogP contribution in [0.5, 0.6) is 0 Å². The van der Waals surface area contributed by atoms with Gasteiger partial charge in [0.15, 0.2) is 0 Å². The minimum Gasteiger partial charge on any atom is -0.475 e. The Hall–Kier alpha value is -2.39. The molecule has 1 saturated carbocycles. The van der Waals surface area contributed by atoms with Crippen molar-refractivity contribution in [3.63, 3.8) is 0 Å². The maximum absolute atomic E-state index is 10.6. The molecule has 194 valence electrons. The smallest absolute Gasteiger partial charge is 0.475 e. The summed E-state index contributed by atoms with van der Waals surface area (Å²) in [6.45, 7) is 6.44. The number of aryl methyl sites for hydroxylation is 1. The Balaban J connectivity index is 0.000000244. The van der Waals surface area contributed by atoms with Crippen LogP contribution in [0.3, 0.4) is 0 Å². The topological polar surface area (TPSA) is 108 Å². The van der Waals surface area contributed by atoms with Crippen LogP contribution < -0.4 is 0 Å². The van der Waals surface area contributed by atoms with Crippen molar-refractivity contribution in [2.75, 3.05) is 32.8 Å². The quantitative estimate of drug-likeness (QED) is 0.600. The fourth-order valence-corrected chi connectivity index (χ4v) is 3.57. The lowest BCUT2D eigenvalue weighted by molar-refractivity contribution is -0.193. The van der Waals surface area contributed by atoms with Gasteiger partial charge in [-0.25, -0.2) is 14.6 Å². The average molecular weight is 504 g/mol. The third kappa shape index (κ3) is 8.76. The van der Waals surface area contributed by atoms with E-state index in [1.54, 1.807) is 0 Å². The van der Waals surface area contributed by atoms with E-state index in [1.807, 2.05) is 12.4 Å². The van der Waals surface area contributed by atoms with Crippen molar-refractivity contribution in [3.05, 3.63) is 18.2 Å². The number of carbonyl (C=O) groups is 2. The normalized spacial score (nSPS) is 23.3. The fraction of sp³-hybridized carbons (Fsp3) is 0.737. The van der Waals surface area contributed by atoms with Crippen LogP contribution in [0.1, 0.15) is 18.7 Å². The van der Waals surface area contributed by atoms with Crippen molar-refractivity contribution < 1.29 is 50.9 Å². The Morgan fingerprint density at radius 2 is 1.65 bits per heavy atom. The fourth-order valence-electron chi connectivity index (χ4n) is 3.57. The second kappa shape index (κ2) is 11.4. The molecule has 0 amide bonds. The number of aromatic nitrogens is 2. The summed E-state index contributed by atoms with van der Waals surface area (Å²) in [5.74, 6) is -3.39. The molecule has 0 unspecified atom stereocenters. The Labute approximate surface area is 190 Å². The number of fused-ring (bicyclic) bond motifs is 1. The summed E-state index contributed by atoms with van der Waals surface area (Å²) in [6, 6.07) is 0.601. The van der Waals surface area contributed by atoms with Crippen LogP contribution in [0.25, 0.3) is 0 Å². The van der Waals surface area contributed by atoms with Gasteiger partial charge in [0.25, 0.3) is 0 Å². The molecule has 34 heavy (non-hydrogen) atoms. The van der Waals surface area contributed by atoms with Gasteiger partial charge in [-0.2, -0.15) is 26.3 Å². The number of likely N-dealkylation sites (tertiary alicyclic amines) is 1. The van der Waals surface area contributed by atoms with Crippen molar-refractivity contribution in [2.24, 2.45) is 13.0 Å². The highest BCUT2D eigenvalue weighted by atomic mass is 19.4. The van der Waals surface area contributed by atoms with Crippen LogP contribution in [0.15, 0.2) is 12.4 Å². The van der Waals surface area contributed by atoms with Crippen molar-refractivity contribution in [1.29, 1.82) is 0 Å². The molecule has 4 rings (SSSR count). The first-order valence-electron chi connectivity index (χ1n) is 10.3. The highest BCUT2D eigenvalue weighted by Crippen LogP contribution is 2.33. The lowest BCUT2D eigenvalue weighted by Gasteiger charge is -2.37. The summed E-state index contributed by atoms with van der Waals surface area (Å²) < 4.78 is 71.6. The standard InChI is InChI=1S/C15H24N4O.2C2HF3O2/c1-17-5-4-16-15(17)11-18-9-13-14(10-18)20-7-6-19(13)8-12-2-3-12;2*3-2(4,5)1(6)7/h4-5,12-14H,2-3,6-11H2,1H3;2*(H,6,7)/t13-,14+;;/m1../s1. The zero-order valence-corrected chi connectivity index (χ0v) is 18.2. The summed E-state index contributed by atoms with van der Waals surface area (Å²) in [6.07, 6.45) is -2.98. The van der Waals surface area contributed by atoms with Gasteiger partial charge in [-0.05, 0) is 18.8 Å². The van der Waals surface area contributed by atoms with E-state index >= 15 is 0 Å². The Morgan fingerprint density at radius 1 is 1.09 bits per heavy atom. The average Bonchev–Trinajstić information content (AvgIpc) is 3.28. The van der Waals surface area contributed by atoms with Crippen LogP contribution in [0.2, 0.25) is 0 Å². The van der Waals surface area contributed by atoms with E-state index in [9.17, 15) is 26.3 Å². The van der Waals surface area contributed by atoms with Gasteiger partial charge in [0.2, 0.25) is 0 Å². The number of aliphatic carboxylic acids is 2. The van der Waals surface area contributed by atoms with E-state index in [2.05, 4.69) is 26.4 Å². The van der Waals surface area contributed by atoms with Crippen LogP contribution in [0.4, 0.5) is 26.3 Å². The van der Waals surface area contributed by atoms with Gasteiger partial charge in [-0.1, -0.05) is 0 Å². The van der Waals surface area contributed by atoms with E-state index < -0.39 is 24.3 Å². The Bertz CT molecular complexity index is 803. The molecule has 3 fully saturated rings. The number of alkyl halides is 6. The van der Waals surface area contributed by atoms with Gasteiger partial charge in [0.05, 0.1) is 19.3 Å². The number of hydrogen-bond donors (Lipinski definition) is 2. The first kappa shape index (κ1) is 27.9. The number of hydrogen-bond acceptors (Lipinski definition) is 6. The number of halogens is 6. The number of imidazole rings is 1. The molecule has 0 spiro atoms. The maximum Gasteiger partial charge on any atom is 0.490 e. The van der Waals surface area contributed by atoms with E-state index in [-0.39, 0.29) is 0 Å². The van der Waals surface area contributed by atoms with Gasteiger partial charge in [0, 0.05) is 51.7 Å². The number of carboxylic acid groups (broad SMARTS) is 2. The molecule has 2 aliphatic heterocycles. The number of carboxylic acids is 2. The summed E-state index contributed by atoms with van der Waals surface area (Å²) in [7, 11) is 2.07. The second-order valence-electron chi connectivity index (χ2n) is 8.17. The molecule has 9 nitrogen and oxygen atoms in total. The molecule has 1 aromatic rings. The molecule has 3 heterocycles. The molecule has 1 aromatic heterocycles. The van der Waals surface area contributed by atoms with E-state index in [1.165, 1.54) is 19.4 Å². The largest absolute Gasteiger partial charge is 0.490 e. The Morgan fingerprint density at radius 3 is 2.09 bits per heavy atom. The van der Waals surface area contributed by atoms with Crippen LogP contribution in [0, 0.1) is 5.92 Å². The summed E-state index contributed by atoms with van der Waals surface area (Å²) in [5.41, 5.74) is 0. The van der Waals surface area contributed by atoms with E-state index in [0.717, 1.165) is 44.5 Å². The molecular weight excluding hydrogens is 478 g/mol. The third-order valence-electron chi connectivity index (χ3n) is 5.45. The van der Waals surface area contributed by atoms with Crippen molar-refractivity contribution >= 4 is 11.9 Å². The minimum absolute atomic E-state index is 0.405. The van der Waals surface area contributed by atoms with Gasteiger partial charge in [0.1, 0.15) is 5.82 Å². The van der Waals surface area contributed by atoms with Gasteiger partial charge in [-0.3, -0.25) is 9.80 Å². The Kier molecular flexibility index (Phi) is 9.30. The molecular formula is C19H26F6N4O5. The molecule has 0 radical (unpaired) electrons.